The largest absolute Gasteiger partial charge is 0.477 e. The summed E-state index contributed by atoms with van der Waals surface area (Å²) in [6, 6.07) is 13.7. The molecule has 0 saturated carbocycles. The number of rotatable bonds is 2. The minimum Gasteiger partial charge on any atom is -0.477 e. The van der Waals surface area contributed by atoms with Crippen LogP contribution in [0, 0.1) is 11.3 Å². The molecule has 0 unspecified atom stereocenters. The molecule has 4 nitrogen and oxygen atoms in total. The molecule has 0 atom stereocenters. The zero-order valence-electron chi connectivity index (χ0n) is 8.79. The van der Waals surface area contributed by atoms with Crippen molar-refractivity contribution >= 4 is 5.97 Å². The maximum Gasteiger partial charge on any atom is 0.354 e. The molecule has 0 aliphatic heterocycles. The summed E-state index contributed by atoms with van der Waals surface area (Å²) in [6.07, 6.45) is 0. The summed E-state index contributed by atoms with van der Waals surface area (Å²) in [4.78, 5) is 14.8. The Bertz CT molecular complexity index is 598. The van der Waals surface area contributed by atoms with Crippen molar-refractivity contribution in [1.82, 2.24) is 4.98 Å². The molecule has 0 spiro atoms. The highest BCUT2D eigenvalue weighted by Crippen LogP contribution is 2.17. The summed E-state index contributed by atoms with van der Waals surface area (Å²) in [7, 11) is 0. The maximum absolute atomic E-state index is 10.8. The molecule has 0 bridgehead atoms. The van der Waals surface area contributed by atoms with E-state index >= 15 is 0 Å². The van der Waals surface area contributed by atoms with Gasteiger partial charge in [-0.3, -0.25) is 0 Å². The van der Waals surface area contributed by atoms with Crippen molar-refractivity contribution in [2.24, 2.45) is 0 Å². The first-order valence-corrected chi connectivity index (χ1v) is 4.91. The number of nitriles is 1. The van der Waals surface area contributed by atoms with Crippen molar-refractivity contribution in [2.75, 3.05) is 0 Å². The number of carbonyl (C=O) groups is 1. The van der Waals surface area contributed by atoms with Gasteiger partial charge in [0.05, 0.1) is 17.3 Å². The maximum atomic E-state index is 10.8. The molecular formula is C13H8N2O2. The lowest BCUT2D eigenvalue weighted by Crippen LogP contribution is -2.00. The Morgan fingerprint density at radius 2 is 1.88 bits per heavy atom. The van der Waals surface area contributed by atoms with Gasteiger partial charge >= 0.3 is 5.97 Å². The van der Waals surface area contributed by atoms with Gasteiger partial charge in [-0.05, 0) is 24.3 Å². The molecule has 2 rings (SSSR count). The van der Waals surface area contributed by atoms with E-state index in [1.807, 2.05) is 6.07 Å². The lowest BCUT2D eigenvalue weighted by Gasteiger charge is -2.01. The molecule has 0 fully saturated rings. The fourth-order valence-electron chi connectivity index (χ4n) is 1.43. The van der Waals surface area contributed by atoms with E-state index in [1.54, 1.807) is 36.4 Å². The van der Waals surface area contributed by atoms with Crippen molar-refractivity contribution < 1.29 is 9.90 Å². The van der Waals surface area contributed by atoms with Gasteiger partial charge in [0.1, 0.15) is 5.69 Å². The second-order valence-electron chi connectivity index (χ2n) is 3.40. The average Bonchev–Trinajstić information content (AvgIpc) is 2.39. The Hall–Kier alpha value is -2.67. The number of hydrogen-bond donors (Lipinski definition) is 1. The van der Waals surface area contributed by atoms with Crippen LogP contribution in [0.2, 0.25) is 0 Å². The highest BCUT2D eigenvalue weighted by atomic mass is 16.4. The summed E-state index contributed by atoms with van der Waals surface area (Å²) in [6.45, 7) is 0. The molecule has 0 radical (unpaired) electrons. The van der Waals surface area contributed by atoms with Crippen LogP contribution < -0.4 is 0 Å². The fourth-order valence-corrected chi connectivity index (χ4v) is 1.43. The molecule has 0 amide bonds. The third kappa shape index (κ3) is 2.29. The normalized spacial score (nSPS) is 9.59. The Kier molecular flexibility index (Phi) is 2.84. The zero-order chi connectivity index (χ0) is 12.3. The minimum atomic E-state index is -1.06. The van der Waals surface area contributed by atoms with E-state index in [2.05, 4.69) is 4.98 Å². The van der Waals surface area contributed by atoms with E-state index in [4.69, 9.17) is 10.4 Å². The summed E-state index contributed by atoms with van der Waals surface area (Å²) in [5, 5.41) is 17.5. The molecule has 0 aliphatic rings. The molecule has 1 aromatic carbocycles. The number of aromatic carboxylic acids is 1. The van der Waals surface area contributed by atoms with Crippen LogP contribution in [-0.2, 0) is 0 Å². The van der Waals surface area contributed by atoms with Gasteiger partial charge in [-0.2, -0.15) is 5.26 Å². The highest BCUT2D eigenvalue weighted by molar-refractivity contribution is 5.86. The van der Waals surface area contributed by atoms with E-state index in [1.165, 1.54) is 6.07 Å². The molecule has 0 aliphatic carbocycles. The Labute approximate surface area is 97.8 Å². The van der Waals surface area contributed by atoms with Crippen molar-refractivity contribution in [3.63, 3.8) is 0 Å². The van der Waals surface area contributed by atoms with Crippen LogP contribution in [0.15, 0.2) is 42.5 Å². The smallest absolute Gasteiger partial charge is 0.354 e. The Balaban J connectivity index is 2.42. The zero-order valence-corrected chi connectivity index (χ0v) is 8.79. The number of carboxylic acid groups (broad SMARTS) is 1. The van der Waals surface area contributed by atoms with Gasteiger partial charge in [0, 0.05) is 5.56 Å². The first-order valence-electron chi connectivity index (χ1n) is 4.91. The molecule has 1 N–H and O–H groups in total. The van der Waals surface area contributed by atoms with Gasteiger partial charge in [-0.25, -0.2) is 9.78 Å². The first kappa shape index (κ1) is 10.8. The van der Waals surface area contributed by atoms with E-state index < -0.39 is 5.97 Å². The topological polar surface area (TPSA) is 74.0 Å². The van der Waals surface area contributed by atoms with Crippen molar-refractivity contribution in [3.8, 4) is 17.3 Å². The van der Waals surface area contributed by atoms with Crippen molar-refractivity contribution in [3.05, 3.63) is 53.7 Å². The fraction of sp³-hybridized carbons (Fsp3) is 0. The summed E-state index contributed by atoms with van der Waals surface area (Å²) >= 11 is 0. The Morgan fingerprint density at radius 3 is 2.47 bits per heavy atom. The molecule has 1 heterocycles. The van der Waals surface area contributed by atoms with Gasteiger partial charge in [-0.15, -0.1) is 0 Å². The summed E-state index contributed by atoms with van der Waals surface area (Å²) in [5.41, 5.74) is 1.93. The molecule has 1 aromatic heterocycles. The second-order valence-corrected chi connectivity index (χ2v) is 3.40. The lowest BCUT2D eigenvalue weighted by atomic mass is 10.1. The van der Waals surface area contributed by atoms with E-state index in [0.29, 0.717) is 11.3 Å². The van der Waals surface area contributed by atoms with Crippen LogP contribution >= 0.6 is 0 Å². The van der Waals surface area contributed by atoms with Crippen LogP contribution in [0.5, 0.6) is 0 Å². The van der Waals surface area contributed by atoms with Crippen LogP contribution in [0.1, 0.15) is 16.1 Å². The first-order chi connectivity index (χ1) is 8.20. The van der Waals surface area contributed by atoms with E-state index in [-0.39, 0.29) is 5.69 Å². The monoisotopic (exact) mass is 224 g/mol. The second kappa shape index (κ2) is 4.45. The number of hydrogen-bond acceptors (Lipinski definition) is 3. The molecular weight excluding hydrogens is 216 g/mol. The quantitative estimate of drug-likeness (QED) is 0.849. The molecule has 17 heavy (non-hydrogen) atoms. The number of aromatic nitrogens is 1. The van der Waals surface area contributed by atoms with Crippen LogP contribution in [0.3, 0.4) is 0 Å². The summed E-state index contributed by atoms with van der Waals surface area (Å²) in [5.74, 6) is -1.06. The van der Waals surface area contributed by atoms with Gasteiger partial charge in [0.25, 0.3) is 0 Å². The van der Waals surface area contributed by atoms with Gasteiger partial charge in [-0.1, -0.05) is 18.2 Å². The van der Waals surface area contributed by atoms with Gasteiger partial charge < -0.3 is 5.11 Å². The standard InChI is InChI=1S/C13H8N2O2/c14-8-9-4-6-10(7-5-9)11-2-1-3-12(15-11)13(16)17/h1-7H,(H,16,17). The summed E-state index contributed by atoms with van der Waals surface area (Å²) < 4.78 is 0. The third-order valence-corrected chi connectivity index (χ3v) is 2.28. The molecule has 2 aromatic rings. The minimum absolute atomic E-state index is 0.00635. The van der Waals surface area contributed by atoms with Crippen molar-refractivity contribution in [2.45, 2.75) is 0 Å². The molecule has 82 valence electrons. The number of carboxylic acids is 1. The average molecular weight is 224 g/mol. The van der Waals surface area contributed by atoms with Gasteiger partial charge in [0.15, 0.2) is 0 Å². The number of nitrogens with zero attached hydrogens (tertiary/aromatic N) is 2. The van der Waals surface area contributed by atoms with Crippen molar-refractivity contribution in [1.29, 1.82) is 5.26 Å². The highest BCUT2D eigenvalue weighted by Gasteiger charge is 2.06. The lowest BCUT2D eigenvalue weighted by molar-refractivity contribution is 0.0690. The number of benzene rings is 1. The van der Waals surface area contributed by atoms with E-state index in [9.17, 15) is 4.79 Å². The molecule has 0 saturated heterocycles. The van der Waals surface area contributed by atoms with Crippen LogP contribution in [0.25, 0.3) is 11.3 Å². The Morgan fingerprint density at radius 1 is 1.18 bits per heavy atom. The predicted octanol–water partition coefficient (Wildman–Crippen LogP) is 2.32. The van der Waals surface area contributed by atoms with E-state index in [0.717, 1.165) is 5.56 Å². The molecule has 4 heteroatoms. The van der Waals surface area contributed by atoms with Gasteiger partial charge in [0.2, 0.25) is 0 Å². The number of pyridine rings is 1. The van der Waals surface area contributed by atoms with Crippen LogP contribution in [0.4, 0.5) is 0 Å². The predicted molar refractivity (Wildman–Crippen MR) is 61.3 cm³/mol. The van der Waals surface area contributed by atoms with Crippen LogP contribution in [-0.4, -0.2) is 16.1 Å². The third-order valence-electron chi connectivity index (χ3n) is 2.28. The SMILES string of the molecule is N#Cc1ccc(-c2cccc(C(=O)O)n2)cc1.